The van der Waals surface area contributed by atoms with Crippen LogP contribution < -0.4 is 5.32 Å². The van der Waals surface area contributed by atoms with E-state index in [9.17, 15) is 4.39 Å². The average molecular weight is 294 g/mol. The first-order valence-corrected chi connectivity index (χ1v) is 8.05. The summed E-state index contributed by atoms with van der Waals surface area (Å²) in [4.78, 5) is 2.31. The first-order chi connectivity index (χ1) is 9.87. The monoisotopic (exact) mass is 294 g/mol. The summed E-state index contributed by atoms with van der Waals surface area (Å²) in [6.45, 7) is 9.72. The van der Waals surface area contributed by atoms with Crippen LogP contribution in [0.5, 0.6) is 0 Å². The lowest BCUT2D eigenvalue weighted by atomic mass is 10.1. The van der Waals surface area contributed by atoms with Crippen LogP contribution in [0.25, 0.3) is 0 Å². The third kappa shape index (κ3) is 9.59. The topological polar surface area (TPSA) is 15.3 Å². The van der Waals surface area contributed by atoms with Crippen LogP contribution in [-0.4, -0.2) is 30.6 Å². The van der Waals surface area contributed by atoms with E-state index in [1.54, 1.807) is 0 Å². The fraction of sp³-hybridized carbons (Fsp3) is 0.667. The molecule has 0 unspecified atom stereocenters. The molecule has 1 aromatic carbocycles. The van der Waals surface area contributed by atoms with E-state index >= 15 is 0 Å². The fourth-order valence-corrected chi connectivity index (χ4v) is 2.30. The van der Waals surface area contributed by atoms with Gasteiger partial charge in [0.25, 0.3) is 0 Å². The predicted octanol–water partition coefficient (Wildman–Crippen LogP) is 4.21. The Bertz CT molecular complexity index is 381. The number of hydrogen-bond acceptors (Lipinski definition) is 2. The number of unbranched alkanes of at least 4 members (excludes halogenated alkanes) is 3. The van der Waals surface area contributed by atoms with Crippen molar-refractivity contribution >= 4 is 0 Å². The van der Waals surface area contributed by atoms with Crippen LogP contribution in [0.4, 0.5) is 4.39 Å². The zero-order valence-electron chi connectivity index (χ0n) is 14.1. The Balaban J connectivity index is 2.03. The minimum absolute atomic E-state index is 0.162. The van der Waals surface area contributed by atoms with Crippen molar-refractivity contribution in [1.82, 2.24) is 10.2 Å². The van der Waals surface area contributed by atoms with Gasteiger partial charge in [-0.05, 0) is 71.4 Å². The Morgan fingerprint density at radius 3 is 2.24 bits per heavy atom. The molecule has 0 spiro atoms. The van der Waals surface area contributed by atoms with Gasteiger partial charge in [-0.3, -0.25) is 0 Å². The van der Waals surface area contributed by atoms with Crippen LogP contribution in [-0.2, 0) is 6.54 Å². The zero-order valence-corrected chi connectivity index (χ0v) is 14.1. The maximum atomic E-state index is 12.8. The average Bonchev–Trinajstić information content (AvgIpc) is 2.39. The maximum Gasteiger partial charge on any atom is 0.123 e. The molecule has 0 atom stereocenters. The molecule has 0 aromatic heterocycles. The van der Waals surface area contributed by atoms with Gasteiger partial charge in [0, 0.05) is 12.1 Å². The number of benzene rings is 1. The highest BCUT2D eigenvalue weighted by Crippen LogP contribution is 2.07. The summed E-state index contributed by atoms with van der Waals surface area (Å²) in [5, 5.41) is 3.52. The Hall–Kier alpha value is -0.930. The molecule has 0 bridgehead atoms. The molecule has 120 valence electrons. The SMILES string of the molecule is CN(CCCCCCNC(C)(C)C)Cc1ccc(F)cc1. The van der Waals surface area contributed by atoms with Gasteiger partial charge in [0.2, 0.25) is 0 Å². The summed E-state index contributed by atoms with van der Waals surface area (Å²) in [5.41, 5.74) is 1.41. The first kappa shape index (κ1) is 18.1. The quantitative estimate of drug-likeness (QED) is 0.686. The van der Waals surface area contributed by atoms with Crippen molar-refractivity contribution in [2.24, 2.45) is 0 Å². The van der Waals surface area contributed by atoms with Crippen molar-refractivity contribution in [3.8, 4) is 0 Å². The lowest BCUT2D eigenvalue weighted by Gasteiger charge is -2.20. The Labute approximate surface area is 129 Å². The van der Waals surface area contributed by atoms with Crippen molar-refractivity contribution in [2.75, 3.05) is 20.1 Å². The summed E-state index contributed by atoms with van der Waals surface area (Å²) >= 11 is 0. The van der Waals surface area contributed by atoms with Crippen molar-refractivity contribution in [1.29, 1.82) is 0 Å². The summed E-state index contributed by atoms with van der Waals surface area (Å²) in [5.74, 6) is -0.162. The molecule has 0 aliphatic heterocycles. The van der Waals surface area contributed by atoms with Gasteiger partial charge in [0.15, 0.2) is 0 Å². The smallest absolute Gasteiger partial charge is 0.123 e. The van der Waals surface area contributed by atoms with Gasteiger partial charge in [-0.1, -0.05) is 25.0 Å². The zero-order chi connectivity index (χ0) is 15.7. The molecule has 0 fully saturated rings. The summed E-state index contributed by atoms with van der Waals surface area (Å²) in [6, 6.07) is 6.80. The molecular formula is C18H31FN2. The van der Waals surface area contributed by atoms with E-state index < -0.39 is 0 Å². The Kier molecular flexibility index (Phi) is 7.91. The van der Waals surface area contributed by atoms with Crippen molar-refractivity contribution in [2.45, 2.75) is 58.5 Å². The minimum Gasteiger partial charge on any atom is -0.312 e. The molecule has 0 radical (unpaired) electrons. The van der Waals surface area contributed by atoms with E-state index in [0.29, 0.717) is 0 Å². The molecule has 0 aliphatic rings. The van der Waals surface area contributed by atoms with E-state index in [0.717, 1.165) is 19.6 Å². The highest BCUT2D eigenvalue weighted by molar-refractivity contribution is 5.15. The molecule has 2 nitrogen and oxygen atoms in total. The summed E-state index contributed by atoms with van der Waals surface area (Å²) < 4.78 is 12.8. The third-order valence-corrected chi connectivity index (χ3v) is 3.49. The van der Waals surface area contributed by atoms with Crippen LogP contribution in [0.15, 0.2) is 24.3 Å². The Morgan fingerprint density at radius 2 is 1.62 bits per heavy atom. The molecule has 1 rings (SSSR count). The van der Waals surface area contributed by atoms with Crippen molar-refractivity contribution in [3.63, 3.8) is 0 Å². The van der Waals surface area contributed by atoms with Crippen LogP contribution in [0, 0.1) is 5.82 Å². The second-order valence-corrected chi connectivity index (χ2v) is 6.96. The van der Waals surface area contributed by atoms with Gasteiger partial charge in [-0.25, -0.2) is 4.39 Å². The van der Waals surface area contributed by atoms with Gasteiger partial charge in [-0.2, -0.15) is 0 Å². The molecule has 0 saturated carbocycles. The number of halogens is 1. The van der Waals surface area contributed by atoms with Gasteiger partial charge >= 0.3 is 0 Å². The third-order valence-electron chi connectivity index (χ3n) is 3.49. The van der Waals surface area contributed by atoms with Gasteiger partial charge in [-0.15, -0.1) is 0 Å². The second kappa shape index (κ2) is 9.16. The van der Waals surface area contributed by atoms with Crippen molar-refractivity contribution < 1.29 is 4.39 Å². The van der Waals surface area contributed by atoms with Crippen LogP contribution >= 0.6 is 0 Å². The molecule has 0 heterocycles. The molecule has 0 aliphatic carbocycles. The van der Waals surface area contributed by atoms with Gasteiger partial charge < -0.3 is 10.2 Å². The highest BCUT2D eigenvalue weighted by Gasteiger charge is 2.07. The number of nitrogens with one attached hydrogen (secondary N) is 1. The predicted molar refractivity (Wildman–Crippen MR) is 89.0 cm³/mol. The lowest BCUT2D eigenvalue weighted by molar-refractivity contribution is 0.315. The van der Waals surface area contributed by atoms with Crippen LogP contribution in [0.2, 0.25) is 0 Å². The molecule has 21 heavy (non-hydrogen) atoms. The number of hydrogen-bond donors (Lipinski definition) is 1. The van der Waals surface area contributed by atoms with Gasteiger partial charge in [0.1, 0.15) is 5.82 Å². The van der Waals surface area contributed by atoms with Crippen LogP contribution in [0.1, 0.15) is 52.0 Å². The van der Waals surface area contributed by atoms with E-state index in [4.69, 9.17) is 0 Å². The molecule has 0 saturated heterocycles. The number of nitrogens with zero attached hydrogens (tertiary/aromatic N) is 1. The summed E-state index contributed by atoms with van der Waals surface area (Å²) in [7, 11) is 2.13. The normalized spacial score (nSPS) is 12.1. The summed E-state index contributed by atoms with van der Waals surface area (Å²) in [6.07, 6.45) is 5.04. The Morgan fingerprint density at radius 1 is 1.00 bits per heavy atom. The van der Waals surface area contributed by atoms with E-state index in [2.05, 4.69) is 38.0 Å². The van der Waals surface area contributed by atoms with E-state index in [-0.39, 0.29) is 11.4 Å². The fourth-order valence-electron chi connectivity index (χ4n) is 2.30. The lowest BCUT2D eigenvalue weighted by Crippen LogP contribution is -2.36. The van der Waals surface area contributed by atoms with E-state index in [1.807, 2.05) is 12.1 Å². The molecule has 0 amide bonds. The molecule has 1 N–H and O–H groups in total. The van der Waals surface area contributed by atoms with Crippen LogP contribution in [0.3, 0.4) is 0 Å². The standard InChI is InChI=1S/C18H31FN2/c1-18(2,3)20-13-7-5-6-8-14-21(4)15-16-9-11-17(19)12-10-16/h9-12,20H,5-8,13-15H2,1-4H3. The molecular weight excluding hydrogens is 263 g/mol. The maximum absolute atomic E-state index is 12.8. The largest absolute Gasteiger partial charge is 0.312 e. The molecule has 1 aromatic rings. The number of rotatable bonds is 9. The van der Waals surface area contributed by atoms with E-state index in [1.165, 1.54) is 43.4 Å². The molecule has 3 heteroatoms. The second-order valence-electron chi connectivity index (χ2n) is 6.96. The van der Waals surface area contributed by atoms with Crippen molar-refractivity contribution in [3.05, 3.63) is 35.6 Å². The van der Waals surface area contributed by atoms with Gasteiger partial charge in [0.05, 0.1) is 0 Å². The first-order valence-electron chi connectivity index (χ1n) is 8.05. The minimum atomic E-state index is -0.162. The highest BCUT2D eigenvalue weighted by atomic mass is 19.1.